The molecule has 2 rings (SSSR count). The molecule has 1 saturated carbocycles. The lowest BCUT2D eigenvalue weighted by Crippen LogP contribution is -2.45. The van der Waals surface area contributed by atoms with Crippen molar-refractivity contribution in [1.29, 1.82) is 0 Å². The van der Waals surface area contributed by atoms with Crippen LogP contribution in [0.25, 0.3) is 0 Å². The highest BCUT2D eigenvalue weighted by Crippen LogP contribution is 2.46. The Hall–Kier alpha value is -0.610. The SMILES string of the molecule is NCC1(C(=O)N2CCCC(CCO)C2)CC1. The third-order valence-electron chi connectivity index (χ3n) is 4.04. The fourth-order valence-corrected chi connectivity index (χ4v) is 2.66. The van der Waals surface area contributed by atoms with E-state index in [1.807, 2.05) is 4.90 Å². The predicted octanol–water partition coefficient (Wildman–Crippen LogP) is 0.346. The van der Waals surface area contributed by atoms with Crippen LogP contribution < -0.4 is 5.73 Å². The summed E-state index contributed by atoms with van der Waals surface area (Å²) in [5.74, 6) is 0.744. The molecule has 0 spiro atoms. The molecule has 0 aromatic rings. The Labute approximate surface area is 96.8 Å². The van der Waals surface area contributed by atoms with Gasteiger partial charge in [0.25, 0.3) is 0 Å². The molecule has 1 atom stereocenters. The van der Waals surface area contributed by atoms with E-state index in [-0.39, 0.29) is 17.9 Å². The monoisotopic (exact) mass is 226 g/mol. The standard InChI is InChI=1S/C12H22N2O2/c13-9-12(4-5-12)11(16)14-6-1-2-10(8-14)3-7-15/h10,15H,1-9,13H2. The van der Waals surface area contributed by atoms with Crippen LogP contribution in [-0.4, -0.2) is 42.2 Å². The van der Waals surface area contributed by atoms with E-state index in [1.54, 1.807) is 0 Å². The second-order valence-corrected chi connectivity index (χ2v) is 5.26. The molecule has 0 aromatic heterocycles. The van der Waals surface area contributed by atoms with Crippen LogP contribution in [0.2, 0.25) is 0 Å². The summed E-state index contributed by atoms with van der Waals surface area (Å²) in [4.78, 5) is 14.2. The molecule has 4 heteroatoms. The molecule has 2 fully saturated rings. The van der Waals surface area contributed by atoms with Crippen LogP contribution in [0.1, 0.15) is 32.1 Å². The Balaban J connectivity index is 1.91. The molecular weight excluding hydrogens is 204 g/mol. The molecule has 3 N–H and O–H groups in total. The molecule has 92 valence electrons. The molecule has 16 heavy (non-hydrogen) atoms. The zero-order valence-corrected chi connectivity index (χ0v) is 9.82. The number of carbonyl (C=O) groups is 1. The van der Waals surface area contributed by atoms with Crippen molar-refractivity contribution >= 4 is 5.91 Å². The van der Waals surface area contributed by atoms with Gasteiger partial charge in [0.05, 0.1) is 5.41 Å². The highest BCUT2D eigenvalue weighted by molar-refractivity contribution is 5.85. The van der Waals surface area contributed by atoms with E-state index in [4.69, 9.17) is 10.8 Å². The van der Waals surface area contributed by atoms with Gasteiger partial charge in [0.1, 0.15) is 0 Å². The number of nitrogens with zero attached hydrogens (tertiary/aromatic N) is 1. The summed E-state index contributed by atoms with van der Waals surface area (Å²) < 4.78 is 0. The van der Waals surface area contributed by atoms with E-state index in [2.05, 4.69) is 0 Å². The van der Waals surface area contributed by atoms with E-state index in [9.17, 15) is 4.79 Å². The first-order valence-electron chi connectivity index (χ1n) is 6.32. The Morgan fingerprint density at radius 1 is 1.50 bits per heavy atom. The maximum absolute atomic E-state index is 12.2. The molecule has 1 aliphatic carbocycles. The minimum absolute atomic E-state index is 0.207. The fourth-order valence-electron chi connectivity index (χ4n) is 2.66. The third-order valence-corrected chi connectivity index (χ3v) is 4.04. The predicted molar refractivity (Wildman–Crippen MR) is 61.7 cm³/mol. The van der Waals surface area contributed by atoms with Crippen molar-refractivity contribution in [3.8, 4) is 0 Å². The molecule has 4 nitrogen and oxygen atoms in total. The average Bonchev–Trinajstić information content (AvgIpc) is 3.10. The molecule has 0 radical (unpaired) electrons. The number of carbonyl (C=O) groups excluding carboxylic acids is 1. The van der Waals surface area contributed by atoms with Gasteiger partial charge in [0.2, 0.25) is 5.91 Å². The van der Waals surface area contributed by atoms with E-state index in [0.717, 1.165) is 45.2 Å². The number of hydrogen-bond donors (Lipinski definition) is 2. The lowest BCUT2D eigenvalue weighted by Gasteiger charge is -2.34. The molecule has 1 aliphatic heterocycles. The molecule has 1 saturated heterocycles. The van der Waals surface area contributed by atoms with Crippen molar-refractivity contribution in [2.75, 3.05) is 26.2 Å². The largest absolute Gasteiger partial charge is 0.396 e. The third kappa shape index (κ3) is 2.23. The minimum atomic E-state index is -0.207. The number of aliphatic hydroxyl groups is 1. The maximum Gasteiger partial charge on any atom is 0.230 e. The summed E-state index contributed by atoms with van der Waals surface area (Å²) >= 11 is 0. The maximum atomic E-state index is 12.2. The Bertz CT molecular complexity index is 262. The normalized spacial score (nSPS) is 27.9. The molecule has 1 unspecified atom stereocenters. The summed E-state index contributed by atoms with van der Waals surface area (Å²) in [5, 5.41) is 8.94. The Morgan fingerprint density at radius 2 is 2.25 bits per heavy atom. The molecule has 2 aliphatic rings. The van der Waals surface area contributed by atoms with E-state index < -0.39 is 0 Å². The lowest BCUT2D eigenvalue weighted by atomic mass is 9.93. The van der Waals surface area contributed by atoms with E-state index in [0.29, 0.717) is 12.5 Å². The summed E-state index contributed by atoms with van der Waals surface area (Å²) in [6.07, 6.45) is 4.95. The fraction of sp³-hybridized carbons (Fsp3) is 0.917. The summed E-state index contributed by atoms with van der Waals surface area (Å²) in [6.45, 7) is 2.42. The number of amides is 1. The number of likely N-dealkylation sites (tertiary alicyclic amines) is 1. The second kappa shape index (κ2) is 4.72. The van der Waals surface area contributed by atoms with Crippen LogP contribution in [0, 0.1) is 11.3 Å². The molecule has 0 aromatic carbocycles. The quantitative estimate of drug-likeness (QED) is 0.726. The van der Waals surface area contributed by atoms with Crippen molar-refractivity contribution in [1.82, 2.24) is 4.90 Å². The van der Waals surface area contributed by atoms with Crippen molar-refractivity contribution < 1.29 is 9.90 Å². The number of nitrogens with two attached hydrogens (primary N) is 1. The zero-order chi connectivity index (χ0) is 11.6. The van der Waals surface area contributed by atoms with Gasteiger partial charge in [-0.15, -0.1) is 0 Å². The highest BCUT2D eigenvalue weighted by atomic mass is 16.3. The van der Waals surface area contributed by atoms with Crippen LogP contribution in [0.3, 0.4) is 0 Å². The molecule has 1 amide bonds. The number of hydrogen-bond acceptors (Lipinski definition) is 3. The number of rotatable bonds is 4. The van der Waals surface area contributed by atoms with Gasteiger partial charge in [0.15, 0.2) is 0 Å². The van der Waals surface area contributed by atoms with Crippen molar-refractivity contribution in [2.45, 2.75) is 32.1 Å². The van der Waals surface area contributed by atoms with Gasteiger partial charge >= 0.3 is 0 Å². The minimum Gasteiger partial charge on any atom is -0.396 e. The van der Waals surface area contributed by atoms with Crippen molar-refractivity contribution in [3.05, 3.63) is 0 Å². The van der Waals surface area contributed by atoms with Crippen LogP contribution in [-0.2, 0) is 4.79 Å². The van der Waals surface area contributed by atoms with Gasteiger partial charge in [0, 0.05) is 26.2 Å². The van der Waals surface area contributed by atoms with Crippen LogP contribution in [0.15, 0.2) is 0 Å². The molecular formula is C12H22N2O2. The Kier molecular flexibility index (Phi) is 3.50. The van der Waals surface area contributed by atoms with Gasteiger partial charge in [-0.1, -0.05) is 0 Å². The Morgan fingerprint density at radius 3 is 2.81 bits per heavy atom. The second-order valence-electron chi connectivity index (χ2n) is 5.26. The first kappa shape index (κ1) is 11.9. The number of aliphatic hydroxyl groups excluding tert-OH is 1. The molecule has 1 heterocycles. The number of piperidine rings is 1. The smallest absolute Gasteiger partial charge is 0.230 e. The van der Waals surface area contributed by atoms with Gasteiger partial charge in [-0.05, 0) is 38.0 Å². The summed E-state index contributed by atoms with van der Waals surface area (Å²) in [6, 6.07) is 0. The first-order valence-corrected chi connectivity index (χ1v) is 6.32. The average molecular weight is 226 g/mol. The topological polar surface area (TPSA) is 66.6 Å². The summed E-state index contributed by atoms with van der Waals surface area (Å²) in [7, 11) is 0. The zero-order valence-electron chi connectivity index (χ0n) is 9.82. The van der Waals surface area contributed by atoms with Crippen LogP contribution in [0.5, 0.6) is 0 Å². The van der Waals surface area contributed by atoms with E-state index in [1.165, 1.54) is 0 Å². The lowest BCUT2D eigenvalue weighted by molar-refractivity contribution is -0.138. The van der Waals surface area contributed by atoms with Gasteiger partial charge in [-0.25, -0.2) is 0 Å². The van der Waals surface area contributed by atoms with Gasteiger partial charge in [-0.3, -0.25) is 4.79 Å². The van der Waals surface area contributed by atoms with Gasteiger partial charge in [-0.2, -0.15) is 0 Å². The van der Waals surface area contributed by atoms with E-state index >= 15 is 0 Å². The van der Waals surface area contributed by atoms with Crippen molar-refractivity contribution in [3.63, 3.8) is 0 Å². The first-order chi connectivity index (χ1) is 7.72. The molecule has 0 bridgehead atoms. The van der Waals surface area contributed by atoms with Crippen LogP contribution >= 0.6 is 0 Å². The van der Waals surface area contributed by atoms with Gasteiger partial charge < -0.3 is 15.7 Å². The van der Waals surface area contributed by atoms with Crippen molar-refractivity contribution in [2.24, 2.45) is 17.1 Å². The van der Waals surface area contributed by atoms with Crippen LogP contribution in [0.4, 0.5) is 0 Å². The highest BCUT2D eigenvalue weighted by Gasteiger charge is 2.50. The summed E-state index contributed by atoms with van der Waals surface area (Å²) in [5.41, 5.74) is 5.47.